The van der Waals surface area contributed by atoms with Crippen molar-refractivity contribution in [1.82, 2.24) is 20.9 Å². The van der Waals surface area contributed by atoms with Gasteiger partial charge in [0.1, 0.15) is 36.3 Å². The minimum absolute atomic E-state index is 0.0296. The summed E-state index contributed by atoms with van der Waals surface area (Å²) in [6.07, 6.45) is 5.38. The smallest absolute Gasteiger partial charge is 0.312 e. The molecular formula is C48H58F2N12O8. The van der Waals surface area contributed by atoms with E-state index in [1.165, 1.54) is 43.5 Å². The van der Waals surface area contributed by atoms with Gasteiger partial charge >= 0.3 is 6.03 Å². The molecule has 0 unspecified atom stereocenters. The summed E-state index contributed by atoms with van der Waals surface area (Å²) < 4.78 is 35.7. The van der Waals surface area contributed by atoms with Gasteiger partial charge in [-0.2, -0.15) is 0 Å². The summed E-state index contributed by atoms with van der Waals surface area (Å²) >= 11 is 0. The van der Waals surface area contributed by atoms with Gasteiger partial charge in [0.25, 0.3) is 11.8 Å². The van der Waals surface area contributed by atoms with E-state index in [1.54, 1.807) is 43.0 Å². The summed E-state index contributed by atoms with van der Waals surface area (Å²) in [7, 11) is 1.45. The van der Waals surface area contributed by atoms with Gasteiger partial charge < -0.3 is 53.5 Å². The van der Waals surface area contributed by atoms with Crippen LogP contribution in [-0.2, 0) is 35.3 Å². The van der Waals surface area contributed by atoms with Gasteiger partial charge in [0, 0.05) is 50.0 Å². The molecule has 0 aromatic heterocycles. The number of nitrogens with two attached hydrogens (primary N) is 3. The van der Waals surface area contributed by atoms with Gasteiger partial charge in [-0.1, -0.05) is 44.5 Å². The summed E-state index contributed by atoms with van der Waals surface area (Å²) in [6, 6.07) is 10.4. The Bertz CT molecular complexity index is 2520. The number of ether oxygens (including phenoxy) is 1. The molecule has 5 rings (SSSR count). The van der Waals surface area contributed by atoms with E-state index < -0.39 is 59.4 Å². The number of hydrogen-bond donors (Lipinski definition) is 8. The summed E-state index contributed by atoms with van der Waals surface area (Å²) in [4.78, 5) is 99.1. The van der Waals surface area contributed by atoms with Gasteiger partial charge in [-0.15, -0.1) is 0 Å². The lowest BCUT2D eigenvalue weighted by atomic mass is 9.78. The van der Waals surface area contributed by atoms with Gasteiger partial charge in [0.05, 0.1) is 41.9 Å². The molecular weight excluding hydrogens is 911 g/mol. The monoisotopic (exact) mass is 968 g/mol. The first kappa shape index (κ1) is 53.1. The third-order valence-electron chi connectivity index (χ3n) is 11.6. The zero-order chi connectivity index (χ0) is 51.1. The molecule has 2 aliphatic heterocycles. The number of urea groups is 1. The number of unbranched alkanes of at least 4 members (excludes halogenated alkanes) is 2. The Balaban J connectivity index is 1.27. The molecule has 22 heteroatoms. The number of amidine groups is 1. The van der Waals surface area contributed by atoms with Crippen LogP contribution < -0.4 is 43.4 Å². The molecule has 0 bridgehead atoms. The van der Waals surface area contributed by atoms with E-state index in [-0.39, 0.29) is 97.7 Å². The second-order valence-corrected chi connectivity index (χ2v) is 16.8. The summed E-state index contributed by atoms with van der Waals surface area (Å²) in [5, 5.41) is 20.1. The highest BCUT2D eigenvalue weighted by atomic mass is 19.1. The van der Waals surface area contributed by atoms with Crippen molar-refractivity contribution in [2.45, 2.75) is 77.1 Å². The molecule has 4 atom stereocenters. The molecule has 2 heterocycles. The maximum absolute atomic E-state index is 15.2. The number of benzene rings is 3. The molecule has 0 aliphatic carbocycles. The summed E-state index contributed by atoms with van der Waals surface area (Å²) in [5.74, 6) is -5.90. The van der Waals surface area contributed by atoms with Crippen molar-refractivity contribution in [3.8, 4) is 0 Å². The lowest BCUT2D eigenvalue weighted by Gasteiger charge is -2.44. The number of primary amides is 2. The second-order valence-electron chi connectivity index (χ2n) is 16.8. The molecule has 3 aromatic rings. The number of hydrogen-bond acceptors (Lipinski definition) is 11. The number of nitrogens with one attached hydrogen (secondary N) is 5. The average Bonchev–Trinajstić information content (AvgIpc) is 3.64. The molecule has 20 nitrogen and oxygen atoms in total. The molecule has 0 radical (unpaired) electrons. The zero-order valence-corrected chi connectivity index (χ0v) is 39.0. The highest BCUT2D eigenvalue weighted by molar-refractivity contribution is 6.22. The molecule has 0 fully saturated rings. The average molecular weight is 969 g/mol. The third kappa shape index (κ3) is 13.9. The maximum atomic E-state index is 15.2. The van der Waals surface area contributed by atoms with Crippen molar-refractivity contribution in [2.75, 3.05) is 37.1 Å². The lowest BCUT2D eigenvalue weighted by molar-refractivity contribution is -0.137. The predicted molar refractivity (Wildman–Crippen MR) is 257 cm³/mol. The highest BCUT2D eigenvalue weighted by Gasteiger charge is 2.44. The van der Waals surface area contributed by atoms with E-state index in [0.29, 0.717) is 36.1 Å². The standard InChI is InChI=1S/C48H58F2N12O8/c1-27(2)42(60-36(63)9-5-4-6-21-61-37(64)18-19-38(61)65)47(68)59-34(8-7-20-56-48(54)69)46(67)58-32-16-10-28(11-17-32)24-70-26-62-35-23-31(50)22-33(44(53)66)39(35)41(52)40(45(55-3)57-25-51)43(62)29-12-14-30(49)15-13-29/h10-19,22-23,25,27,34,40,42-43,52H,4-9,20-21,24,26H2,1-3H3,(H2,53,66)(H,58,67)(H,59,68)(H,60,63)(H2,51,55,57)(H3,54,56,69)/t34-,40-,42-,43+/m0/s1. The fourth-order valence-corrected chi connectivity index (χ4v) is 8.13. The van der Waals surface area contributed by atoms with Crippen LogP contribution in [0.25, 0.3) is 0 Å². The van der Waals surface area contributed by atoms with Crippen molar-refractivity contribution in [2.24, 2.45) is 39.0 Å². The molecule has 70 heavy (non-hydrogen) atoms. The van der Waals surface area contributed by atoms with Gasteiger partial charge in [0.2, 0.25) is 23.6 Å². The Kier molecular flexibility index (Phi) is 18.9. The normalized spacial score (nSPS) is 16.6. The quantitative estimate of drug-likeness (QED) is 0.0297. The van der Waals surface area contributed by atoms with Crippen LogP contribution in [0.15, 0.2) is 82.8 Å². The zero-order valence-electron chi connectivity index (χ0n) is 39.0. The number of aliphatic imine (C=N–C) groups is 2. The predicted octanol–water partition coefficient (Wildman–Crippen LogP) is 3.30. The second kappa shape index (κ2) is 24.9. The molecule has 3 aromatic carbocycles. The number of imide groups is 1. The van der Waals surface area contributed by atoms with Crippen molar-refractivity contribution < 1.29 is 47.1 Å². The van der Waals surface area contributed by atoms with Gasteiger partial charge in [-0.25, -0.2) is 18.6 Å². The Hall–Kier alpha value is -7.88. The molecule has 0 saturated heterocycles. The first-order valence-electron chi connectivity index (χ1n) is 22.5. The van der Waals surface area contributed by atoms with Crippen LogP contribution in [0.2, 0.25) is 0 Å². The first-order chi connectivity index (χ1) is 33.4. The van der Waals surface area contributed by atoms with E-state index in [4.69, 9.17) is 21.9 Å². The number of fused-ring (bicyclic) bond motifs is 1. The Labute approximate surface area is 403 Å². The molecule has 2 aliphatic rings. The van der Waals surface area contributed by atoms with Crippen LogP contribution in [0.3, 0.4) is 0 Å². The Morgan fingerprint density at radius 1 is 0.886 bits per heavy atom. The molecule has 11 N–H and O–H groups in total. The van der Waals surface area contributed by atoms with Crippen LogP contribution in [0.1, 0.15) is 85.5 Å². The number of halogens is 2. The van der Waals surface area contributed by atoms with E-state index in [2.05, 4.69) is 31.3 Å². The first-order valence-corrected chi connectivity index (χ1v) is 22.5. The summed E-state index contributed by atoms with van der Waals surface area (Å²) in [5.41, 5.74) is 17.8. The Morgan fingerprint density at radius 2 is 1.57 bits per heavy atom. The topological polar surface area (TPSA) is 310 Å². The minimum atomic E-state index is -1.10. The number of carbonyl (C=O) groups excluding carboxylic acids is 7. The maximum Gasteiger partial charge on any atom is 0.312 e. The van der Waals surface area contributed by atoms with Crippen LogP contribution in [0.4, 0.5) is 25.0 Å². The number of anilines is 2. The van der Waals surface area contributed by atoms with E-state index >= 15 is 4.39 Å². The third-order valence-corrected chi connectivity index (χ3v) is 11.6. The van der Waals surface area contributed by atoms with E-state index in [9.17, 15) is 43.4 Å². The largest absolute Gasteiger partial charge is 0.390 e. The van der Waals surface area contributed by atoms with Crippen LogP contribution in [0.5, 0.6) is 0 Å². The van der Waals surface area contributed by atoms with Gasteiger partial charge in [-0.3, -0.25) is 38.7 Å². The molecule has 372 valence electrons. The minimum Gasteiger partial charge on any atom is -0.390 e. The van der Waals surface area contributed by atoms with Crippen LogP contribution in [0, 0.1) is 28.9 Å². The lowest BCUT2D eigenvalue weighted by Crippen LogP contribution is -2.54. The fraction of sp³-hybridized carbons (Fsp3) is 0.375. The summed E-state index contributed by atoms with van der Waals surface area (Å²) in [6.45, 7) is 3.56. The van der Waals surface area contributed by atoms with E-state index in [1.807, 2.05) is 0 Å². The van der Waals surface area contributed by atoms with Crippen molar-refractivity contribution in [3.63, 3.8) is 0 Å². The fourth-order valence-electron chi connectivity index (χ4n) is 8.13. The van der Waals surface area contributed by atoms with Crippen molar-refractivity contribution in [1.29, 1.82) is 5.41 Å². The highest BCUT2D eigenvalue weighted by Crippen LogP contribution is 2.44. The number of rotatable bonds is 23. The molecule has 8 amide bonds. The number of carbonyl (C=O) groups is 7. The Morgan fingerprint density at radius 3 is 2.19 bits per heavy atom. The molecule has 0 saturated carbocycles. The van der Waals surface area contributed by atoms with Crippen LogP contribution >= 0.6 is 0 Å². The van der Waals surface area contributed by atoms with E-state index in [0.717, 1.165) is 23.4 Å². The SMILES string of the molecule is CN=C(N=CN)[C@H]1C(=N)c2c(C(N)=O)cc(F)cc2N(COCc2ccc(NC(=O)[C@H](CCCNC(N)=O)NC(=O)[C@@H](NC(=O)CCCCCN3C(=O)C=CC3=O)C(C)C)cc2)[C@@H]1c1ccc(F)cc1. The van der Waals surface area contributed by atoms with Crippen molar-refractivity contribution >= 4 is 70.7 Å². The number of amides is 8. The van der Waals surface area contributed by atoms with Crippen molar-refractivity contribution in [3.05, 3.63) is 107 Å². The molecule has 0 spiro atoms. The number of nitrogens with zero attached hydrogens (tertiary/aromatic N) is 4. The van der Waals surface area contributed by atoms with Gasteiger partial charge in [-0.05, 0) is 79.1 Å². The van der Waals surface area contributed by atoms with Gasteiger partial charge in [0.15, 0.2) is 0 Å². The van der Waals surface area contributed by atoms with Crippen LogP contribution in [-0.4, -0.2) is 103 Å².